The van der Waals surface area contributed by atoms with Crippen LogP contribution in [0.5, 0.6) is 5.75 Å². The smallest absolute Gasteiger partial charge is 0.255 e. The van der Waals surface area contributed by atoms with Crippen molar-refractivity contribution in [1.29, 1.82) is 0 Å². The first-order valence-corrected chi connectivity index (χ1v) is 7.07. The molecule has 1 aromatic rings. The van der Waals surface area contributed by atoms with Crippen LogP contribution in [0.2, 0.25) is 5.02 Å². The summed E-state index contributed by atoms with van der Waals surface area (Å²) in [6, 6.07) is 4.70. The summed E-state index contributed by atoms with van der Waals surface area (Å²) in [6.07, 6.45) is 1.97. The van der Waals surface area contributed by atoms with E-state index in [4.69, 9.17) is 11.6 Å². The standard InChI is InChI=1S/C12H14ClNO2S/c13-8-1-2-11(15)10(7-8)12(16)14-9-3-5-17-6-4-9/h1-2,7,9,15H,3-6H2,(H,14,16). The first-order valence-electron chi connectivity index (χ1n) is 5.54. The number of aromatic hydroxyl groups is 1. The number of carbonyl (C=O) groups excluding carboxylic acids is 1. The fourth-order valence-electron chi connectivity index (χ4n) is 1.80. The van der Waals surface area contributed by atoms with Crippen LogP contribution in [-0.4, -0.2) is 28.6 Å². The maximum absolute atomic E-state index is 11.9. The van der Waals surface area contributed by atoms with Gasteiger partial charge in [-0.1, -0.05) is 11.6 Å². The van der Waals surface area contributed by atoms with Gasteiger partial charge in [0.1, 0.15) is 5.75 Å². The Bertz CT molecular complexity index is 419. The SMILES string of the molecule is O=C(NC1CCSCC1)c1cc(Cl)ccc1O. The lowest BCUT2D eigenvalue weighted by molar-refractivity contribution is 0.0932. The highest BCUT2D eigenvalue weighted by molar-refractivity contribution is 7.99. The molecule has 0 saturated carbocycles. The Morgan fingerprint density at radius 1 is 1.41 bits per heavy atom. The second kappa shape index (κ2) is 5.65. The molecule has 2 N–H and O–H groups in total. The van der Waals surface area contributed by atoms with Crippen LogP contribution in [0.1, 0.15) is 23.2 Å². The minimum absolute atomic E-state index is 0.0305. The molecule has 0 spiro atoms. The molecule has 0 atom stereocenters. The minimum atomic E-state index is -0.248. The van der Waals surface area contributed by atoms with Crippen LogP contribution in [0.4, 0.5) is 0 Å². The number of phenolic OH excluding ortho intramolecular Hbond substituents is 1. The molecule has 92 valence electrons. The van der Waals surface area contributed by atoms with E-state index in [1.165, 1.54) is 12.1 Å². The number of phenols is 1. The molecule has 0 bridgehead atoms. The Hall–Kier alpha value is -0.870. The number of nitrogens with one attached hydrogen (secondary N) is 1. The second-order valence-electron chi connectivity index (χ2n) is 4.02. The zero-order valence-electron chi connectivity index (χ0n) is 9.28. The summed E-state index contributed by atoms with van der Waals surface area (Å²) in [5, 5.41) is 13.0. The molecule has 0 unspecified atom stereocenters. The molecule has 1 amide bonds. The van der Waals surface area contributed by atoms with Crippen molar-refractivity contribution in [3.8, 4) is 5.75 Å². The minimum Gasteiger partial charge on any atom is -0.507 e. The van der Waals surface area contributed by atoms with Crippen LogP contribution in [0.15, 0.2) is 18.2 Å². The Labute approximate surface area is 110 Å². The molecule has 1 aliphatic rings. The van der Waals surface area contributed by atoms with Gasteiger partial charge in [-0.2, -0.15) is 11.8 Å². The van der Waals surface area contributed by atoms with E-state index in [0.717, 1.165) is 24.3 Å². The van der Waals surface area contributed by atoms with Crippen LogP contribution in [0.3, 0.4) is 0 Å². The fourth-order valence-corrected chi connectivity index (χ4v) is 3.07. The number of thioether (sulfide) groups is 1. The van der Waals surface area contributed by atoms with E-state index < -0.39 is 0 Å². The molecule has 0 radical (unpaired) electrons. The quantitative estimate of drug-likeness (QED) is 0.869. The van der Waals surface area contributed by atoms with Crippen molar-refractivity contribution in [2.75, 3.05) is 11.5 Å². The molecular formula is C12H14ClNO2S. The molecule has 0 aliphatic carbocycles. The van der Waals surface area contributed by atoms with Crippen molar-refractivity contribution < 1.29 is 9.90 Å². The lowest BCUT2D eigenvalue weighted by Gasteiger charge is -2.22. The van der Waals surface area contributed by atoms with E-state index in [1.807, 2.05) is 11.8 Å². The number of halogens is 1. The van der Waals surface area contributed by atoms with Crippen LogP contribution in [-0.2, 0) is 0 Å². The Morgan fingerprint density at radius 2 is 2.12 bits per heavy atom. The first-order chi connectivity index (χ1) is 8.16. The molecule has 17 heavy (non-hydrogen) atoms. The highest BCUT2D eigenvalue weighted by Gasteiger charge is 2.18. The maximum Gasteiger partial charge on any atom is 0.255 e. The third-order valence-corrected chi connectivity index (χ3v) is 4.04. The predicted octanol–water partition coefficient (Wildman–Crippen LogP) is 2.67. The Morgan fingerprint density at radius 3 is 2.82 bits per heavy atom. The number of carbonyl (C=O) groups is 1. The zero-order valence-corrected chi connectivity index (χ0v) is 10.9. The van der Waals surface area contributed by atoms with E-state index in [0.29, 0.717) is 5.02 Å². The van der Waals surface area contributed by atoms with Crippen molar-refractivity contribution in [3.63, 3.8) is 0 Å². The van der Waals surface area contributed by atoms with Gasteiger partial charge in [0.2, 0.25) is 0 Å². The Kier molecular flexibility index (Phi) is 4.18. The average Bonchev–Trinajstić information content (AvgIpc) is 2.33. The summed E-state index contributed by atoms with van der Waals surface area (Å²) >= 11 is 7.71. The highest BCUT2D eigenvalue weighted by Crippen LogP contribution is 2.22. The summed E-state index contributed by atoms with van der Waals surface area (Å²) in [5.74, 6) is 1.87. The first kappa shape index (κ1) is 12.6. The van der Waals surface area contributed by atoms with Crippen molar-refractivity contribution in [1.82, 2.24) is 5.32 Å². The second-order valence-corrected chi connectivity index (χ2v) is 5.68. The van der Waals surface area contributed by atoms with E-state index in [1.54, 1.807) is 6.07 Å². The highest BCUT2D eigenvalue weighted by atomic mass is 35.5. The topological polar surface area (TPSA) is 49.3 Å². The molecule has 1 heterocycles. The molecular weight excluding hydrogens is 258 g/mol. The van der Waals surface area contributed by atoms with E-state index >= 15 is 0 Å². The Balaban J connectivity index is 2.05. The molecule has 1 fully saturated rings. The average molecular weight is 272 g/mol. The largest absolute Gasteiger partial charge is 0.507 e. The number of rotatable bonds is 2. The van der Waals surface area contributed by atoms with Gasteiger partial charge in [-0.3, -0.25) is 4.79 Å². The lowest BCUT2D eigenvalue weighted by Crippen LogP contribution is -2.37. The fraction of sp³-hybridized carbons (Fsp3) is 0.417. The van der Waals surface area contributed by atoms with Crippen molar-refractivity contribution in [2.45, 2.75) is 18.9 Å². The van der Waals surface area contributed by atoms with Gasteiger partial charge in [0, 0.05) is 11.1 Å². The van der Waals surface area contributed by atoms with Crippen LogP contribution >= 0.6 is 23.4 Å². The molecule has 0 aromatic heterocycles. The van der Waals surface area contributed by atoms with Gasteiger partial charge in [-0.05, 0) is 42.5 Å². The van der Waals surface area contributed by atoms with Gasteiger partial charge in [-0.15, -0.1) is 0 Å². The monoisotopic (exact) mass is 271 g/mol. The third kappa shape index (κ3) is 3.30. The molecule has 1 aromatic carbocycles. The number of hydrogen-bond donors (Lipinski definition) is 2. The summed E-state index contributed by atoms with van der Waals surface area (Å²) in [7, 11) is 0. The molecule has 1 saturated heterocycles. The van der Waals surface area contributed by atoms with Crippen molar-refractivity contribution in [2.24, 2.45) is 0 Å². The summed E-state index contributed by atoms with van der Waals surface area (Å²) in [4.78, 5) is 11.9. The predicted molar refractivity (Wildman–Crippen MR) is 70.9 cm³/mol. The zero-order chi connectivity index (χ0) is 12.3. The molecule has 2 rings (SSSR count). The van der Waals surface area contributed by atoms with E-state index in [-0.39, 0.29) is 23.3 Å². The summed E-state index contributed by atoms with van der Waals surface area (Å²) < 4.78 is 0. The third-order valence-electron chi connectivity index (χ3n) is 2.76. The number of benzene rings is 1. The molecule has 5 heteroatoms. The van der Waals surface area contributed by atoms with Crippen LogP contribution in [0.25, 0.3) is 0 Å². The van der Waals surface area contributed by atoms with Gasteiger partial charge in [0.25, 0.3) is 5.91 Å². The number of hydrogen-bond acceptors (Lipinski definition) is 3. The van der Waals surface area contributed by atoms with Gasteiger partial charge in [0.15, 0.2) is 0 Å². The van der Waals surface area contributed by atoms with Crippen molar-refractivity contribution in [3.05, 3.63) is 28.8 Å². The van der Waals surface area contributed by atoms with Gasteiger partial charge < -0.3 is 10.4 Å². The van der Waals surface area contributed by atoms with Crippen LogP contribution < -0.4 is 5.32 Å². The summed E-state index contributed by atoms with van der Waals surface area (Å²) in [5.41, 5.74) is 0.246. The van der Waals surface area contributed by atoms with Crippen LogP contribution in [0, 0.1) is 0 Å². The molecule has 1 aliphatic heterocycles. The van der Waals surface area contributed by atoms with E-state index in [9.17, 15) is 9.90 Å². The maximum atomic E-state index is 11.9. The molecule has 3 nitrogen and oxygen atoms in total. The number of amides is 1. The van der Waals surface area contributed by atoms with Gasteiger partial charge >= 0.3 is 0 Å². The van der Waals surface area contributed by atoms with E-state index in [2.05, 4.69) is 5.32 Å². The summed E-state index contributed by atoms with van der Waals surface area (Å²) in [6.45, 7) is 0. The van der Waals surface area contributed by atoms with Gasteiger partial charge in [0.05, 0.1) is 5.56 Å². The lowest BCUT2D eigenvalue weighted by atomic mass is 10.1. The normalized spacial score (nSPS) is 16.8. The van der Waals surface area contributed by atoms with Gasteiger partial charge in [-0.25, -0.2) is 0 Å². The van der Waals surface area contributed by atoms with Crippen molar-refractivity contribution >= 4 is 29.3 Å².